The van der Waals surface area contributed by atoms with Gasteiger partial charge < -0.3 is 14.2 Å². The van der Waals surface area contributed by atoms with Gasteiger partial charge in [0.2, 0.25) is 0 Å². The van der Waals surface area contributed by atoms with Crippen LogP contribution in [0.15, 0.2) is 47.4 Å². The van der Waals surface area contributed by atoms with E-state index in [9.17, 15) is 13.2 Å². The zero-order valence-corrected chi connectivity index (χ0v) is 16.7. The van der Waals surface area contributed by atoms with E-state index in [1.165, 1.54) is 32.4 Å². The van der Waals surface area contributed by atoms with Gasteiger partial charge in [-0.05, 0) is 50.1 Å². The topological polar surface area (TPSA) is 88.1 Å². The van der Waals surface area contributed by atoms with Gasteiger partial charge in [-0.2, -0.15) is 8.42 Å². The standard InChI is InChI=1S/C20H22O7S/c1-14-4-7-16(8-5-14)28(22,23)26-13-20(10-11-20)27-17-9-6-15(19(21)25-3)12-18(17)24-2/h4-9,12H,10-11,13H2,1-3H3. The highest BCUT2D eigenvalue weighted by Crippen LogP contribution is 2.43. The van der Waals surface area contributed by atoms with Crippen LogP contribution in [0.2, 0.25) is 0 Å². The Balaban J connectivity index is 1.71. The van der Waals surface area contributed by atoms with Crippen molar-refractivity contribution in [2.75, 3.05) is 20.8 Å². The van der Waals surface area contributed by atoms with Crippen LogP contribution in [-0.4, -0.2) is 40.8 Å². The van der Waals surface area contributed by atoms with E-state index in [0.717, 1.165) is 5.56 Å². The van der Waals surface area contributed by atoms with E-state index in [0.29, 0.717) is 29.9 Å². The Morgan fingerprint density at radius 1 is 1.04 bits per heavy atom. The van der Waals surface area contributed by atoms with Crippen LogP contribution in [0.3, 0.4) is 0 Å². The molecule has 0 aliphatic heterocycles. The lowest BCUT2D eigenvalue weighted by atomic mass is 10.2. The van der Waals surface area contributed by atoms with Gasteiger partial charge >= 0.3 is 5.97 Å². The first-order chi connectivity index (χ1) is 13.3. The summed E-state index contributed by atoms with van der Waals surface area (Å²) in [7, 11) is -1.12. The van der Waals surface area contributed by atoms with E-state index < -0.39 is 21.7 Å². The third-order valence-electron chi connectivity index (χ3n) is 4.51. The van der Waals surface area contributed by atoms with Crippen molar-refractivity contribution in [1.82, 2.24) is 0 Å². The molecule has 2 aromatic carbocycles. The fourth-order valence-corrected chi connectivity index (χ4v) is 3.58. The van der Waals surface area contributed by atoms with E-state index in [2.05, 4.69) is 0 Å². The molecule has 0 aromatic heterocycles. The van der Waals surface area contributed by atoms with Gasteiger partial charge in [0.1, 0.15) is 12.2 Å². The number of hydrogen-bond acceptors (Lipinski definition) is 7. The zero-order valence-electron chi connectivity index (χ0n) is 15.9. The molecule has 1 saturated carbocycles. The Hall–Kier alpha value is -2.58. The molecule has 0 atom stereocenters. The summed E-state index contributed by atoms with van der Waals surface area (Å²) in [5.74, 6) is 0.276. The molecule has 0 unspecified atom stereocenters. The number of rotatable bonds is 8. The van der Waals surface area contributed by atoms with Crippen molar-refractivity contribution >= 4 is 16.1 Å². The van der Waals surface area contributed by atoms with Crippen LogP contribution >= 0.6 is 0 Å². The molecule has 3 rings (SSSR count). The van der Waals surface area contributed by atoms with Crippen molar-refractivity contribution < 1.29 is 31.6 Å². The second kappa shape index (κ2) is 7.81. The third kappa shape index (κ3) is 4.45. The van der Waals surface area contributed by atoms with Crippen LogP contribution in [-0.2, 0) is 19.0 Å². The molecular weight excluding hydrogens is 384 g/mol. The molecule has 150 valence electrons. The average Bonchev–Trinajstić information content (AvgIpc) is 3.46. The van der Waals surface area contributed by atoms with Gasteiger partial charge in [-0.15, -0.1) is 0 Å². The third-order valence-corrected chi connectivity index (χ3v) is 5.78. The lowest BCUT2D eigenvalue weighted by Gasteiger charge is -2.20. The Morgan fingerprint density at radius 2 is 1.71 bits per heavy atom. The fraction of sp³-hybridized carbons (Fsp3) is 0.350. The number of aryl methyl sites for hydroxylation is 1. The van der Waals surface area contributed by atoms with E-state index in [1.54, 1.807) is 24.3 Å². The molecule has 0 saturated heterocycles. The Morgan fingerprint density at radius 3 is 2.29 bits per heavy atom. The molecule has 1 fully saturated rings. The summed E-state index contributed by atoms with van der Waals surface area (Å²) in [6.07, 6.45) is 1.30. The molecular formula is C20H22O7S. The summed E-state index contributed by atoms with van der Waals surface area (Å²) in [4.78, 5) is 11.8. The quantitative estimate of drug-likeness (QED) is 0.492. The summed E-state index contributed by atoms with van der Waals surface area (Å²) in [5.41, 5.74) is 0.552. The predicted octanol–water partition coefficient (Wildman–Crippen LogP) is 3.11. The van der Waals surface area contributed by atoms with Crippen LogP contribution in [0.1, 0.15) is 28.8 Å². The van der Waals surface area contributed by atoms with Gasteiger partial charge in [-0.25, -0.2) is 4.79 Å². The molecule has 0 N–H and O–H groups in total. The number of methoxy groups -OCH3 is 2. The van der Waals surface area contributed by atoms with Crippen molar-refractivity contribution in [3.63, 3.8) is 0 Å². The molecule has 0 radical (unpaired) electrons. The van der Waals surface area contributed by atoms with E-state index in [1.807, 2.05) is 6.92 Å². The Kier molecular flexibility index (Phi) is 5.62. The van der Waals surface area contributed by atoms with Crippen molar-refractivity contribution in [3.8, 4) is 11.5 Å². The number of esters is 1. The minimum absolute atomic E-state index is 0.105. The molecule has 0 spiro atoms. The summed E-state index contributed by atoms with van der Waals surface area (Å²) in [6, 6.07) is 11.1. The monoisotopic (exact) mass is 406 g/mol. The molecule has 8 heteroatoms. The maximum atomic E-state index is 12.4. The minimum atomic E-state index is -3.87. The molecule has 0 heterocycles. The van der Waals surface area contributed by atoms with E-state index in [4.69, 9.17) is 18.4 Å². The highest BCUT2D eigenvalue weighted by Gasteiger charge is 2.47. The SMILES string of the molecule is COC(=O)c1ccc(OC2(COS(=O)(=O)c3ccc(C)cc3)CC2)c(OC)c1. The first-order valence-corrected chi connectivity index (χ1v) is 10.1. The normalized spacial score (nSPS) is 15.0. The summed E-state index contributed by atoms with van der Waals surface area (Å²) >= 11 is 0. The molecule has 2 aromatic rings. The second-order valence-electron chi connectivity index (χ2n) is 6.67. The highest BCUT2D eigenvalue weighted by molar-refractivity contribution is 7.86. The molecule has 0 bridgehead atoms. The molecule has 28 heavy (non-hydrogen) atoms. The lowest BCUT2D eigenvalue weighted by Crippen LogP contribution is -2.27. The highest BCUT2D eigenvalue weighted by atomic mass is 32.2. The van der Waals surface area contributed by atoms with Gasteiger partial charge in [-0.3, -0.25) is 4.18 Å². The Labute approximate surface area is 164 Å². The summed E-state index contributed by atoms with van der Waals surface area (Å²) < 4.78 is 46.0. The van der Waals surface area contributed by atoms with Crippen molar-refractivity contribution in [2.24, 2.45) is 0 Å². The Bertz CT molecular complexity index is 961. The van der Waals surface area contributed by atoms with Crippen LogP contribution in [0.4, 0.5) is 0 Å². The molecule has 0 amide bonds. The summed E-state index contributed by atoms with van der Waals surface area (Å²) in [6.45, 7) is 1.77. The number of ether oxygens (including phenoxy) is 3. The number of benzene rings is 2. The van der Waals surface area contributed by atoms with Crippen molar-refractivity contribution in [2.45, 2.75) is 30.3 Å². The fourth-order valence-electron chi connectivity index (χ4n) is 2.60. The molecule has 7 nitrogen and oxygen atoms in total. The first kappa shape index (κ1) is 20.2. The van der Waals surface area contributed by atoms with Crippen LogP contribution in [0, 0.1) is 6.92 Å². The smallest absolute Gasteiger partial charge is 0.337 e. The maximum absolute atomic E-state index is 12.4. The summed E-state index contributed by atoms with van der Waals surface area (Å²) in [5, 5.41) is 0. The van der Waals surface area contributed by atoms with Crippen molar-refractivity contribution in [3.05, 3.63) is 53.6 Å². The molecule has 1 aliphatic rings. The van der Waals surface area contributed by atoms with Gasteiger partial charge in [0.15, 0.2) is 11.5 Å². The van der Waals surface area contributed by atoms with Gasteiger partial charge in [0.25, 0.3) is 10.1 Å². The number of hydrogen-bond donors (Lipinski definition) is 0. The van der Waals surface area contributed by atoms with E-state index >= 15 is 0 Å². The van der Waals surface area contributed by atoms with Gasteiger partial charge in [0.05, 0.1) is 24.7 Å². The maximum Gasteiger partial charge on any atom is 0.337 e. The number of carbonyl (C=O) groups excluding carboxylic acids is 1. The van der Waals surface area contributed by atoms with Crippen LogP contribution in [0.5, 0.6) is 11.5 Å². The first-order valence-electron chi connectivity index (χ1n) is 8.70. The van der Waals surface area contributed by atoms with Crippen molar-refractivity contribution in [1.29, 1.82) is 0 Å². The minimum Gasteiger partial charge on any atom is -0.493 e. The second-order valence-corrected chi connectivity index (χ2v) is 8.29. The largest absolute Gasteiger partial charge is 0.493 e. The van der Waals surface area contributed by atoms with Crippen LogP contribution < -0.4 is 9.47 Å². The zero-order chi connectivity index (χ0) is 20.4. The average molecular weight is 406 g/mol. The lowest BCUT2D eigenvalue weighted by molar-refractivity contribution is 0.0600. The number of carbonyl (C=O) groups is 1. The van der Waals surface area contributed by atoms with Gasteiger partial charge in [0, 0.05) is 0 Å². The van der Waals surface area contributed by atoms with Gasteiger partial charge in [-0.1, -0.05) is 17.7 Å². The van der Waals surface area contributed by atoms with Crippen LogP contribution in [0.25, 0.3) is 0 Å². The predicted molar refractivity (Wildman–Crippen MR) is 101 cm³/mol. The molecule has 1 aliphatic carbocycles. The van der Waals surface area contributed by atoms with E-state index in [-0.39, 0.29) is 11.5 Å².